The number of aromatic nitrogens is 1. The van der Waals surface area contributed by atoms with E-state index in [1.54, 1.807) is 14.0 Å². The highest BCUT2D eigenvalue weighted by atomic mass is 35.5. The molecule has 1 heterocycles. The van der Waals surface area contributed by atoms with E-state index in [4.69, 9.17) is 11.6 Å². The minimum Gasteiger partial charge on any atom is -0.344 e. The molecule has 1 N–H and O–H groups in total. The smallest absolute Gasteiger partial charge is 0.319 e. The van der Waals surface area contributed by atoms with Gasteiger partial charge < -0.3 is 10.2 Å². The fourth-order valence-corrected chi connectivity index (χ4v) is 1.84. The second-order valence-corrected chi connectivity index (χ2v) is 4.66. The summed E-state index contributed by atoms with van der Waals surface area (Å²) in [5, 5.41) is 13.0. The van der Waals surface area contributed by atoms with E-state index < -0.39 is 22.6 Å². The topological polar surface area (TPSA) is 105 Å². The Labute approximate surface area is 126 Å². The monoisotopic (exact) mass is 314 g/mol. The standard InChI is InChI=1S/C12H15ClN4O4/c1-4-16(3)12(19)7(2)15-11(18)8-5-6-14-10(13)9(8)17(20)21/h5-7H,4H2,1-3H3,(H,15,18). The molecular weight excluding hydrogens is 300 g/mol. The number of amides is 2. The van der Waals surface area contributed by atoms with Crippen molar-refractivity contribution in [3.63, 3.8) is 0 Å². The zero-order valence-corrected chi connectivity index (χ0v) is 12.5. The third kappa shape index (κ3) is 3.88. The molecule has 21 heavy (non-hydrogen) atoms. The molecule has 0 radical (unpaired) electrons. The Hall–Kier alpha value is -2.22. The predicted octanol–water partition coefficient (Wildman–Crippen LogP) is 1.24. The van der Waals surface area contributed by atoms with Crippen LogP contribution in [0.1, 0.15) is 24.2 Å². The van der Waals surface area contributed by atoms with Crippen molar-refractivity contribution in [2.24, 2.45) is 0 Å². The van der Waals surface area contributed by atoms with Crippen molar-refractivity contribution >= 4 is 29.1 Å². The highest BCUT2D eigenvalue weighted by molar-refractivity contribution is 6.32. The number of rotatable bonds is 5. The Bertz CT molecular complexity index is 578. The SMILES string of the molecule is CCN(C)C(=O)C(C)NC(=O)c1ccnc(Cl)c1[N+](=O)[O-]. The van der Waals surface area contributed by atoms with Gasteiger partial charge in [-0.25, -0.2) is 4.98 Å². The van der Waals surface area contributed by atoms with Gasteiger partial charge in [0.2, 0.25) is 11.1 Å². The molecule has 8 nitrogen and oxygen atoms in total. The van der Waals surface area contributed by atoms with Crippen molar-refractivity contribution in [1.82, 2.24) is 15.2 Å². The van der Waals surface area contributed by atoms with Crippen molar-refractivity contribution in [3.05, 3.63) is 33.1 Å². The summed E-state index contributed by atoms with van der Waals surface area (Å²) < 4.78 is 0. The van der Waals surface area contributed by atoms with Gasteiger partial charge in [0.25, 0.3) is 5.91 Å². The summed E-state index contributed by atoms with van der Waals surface area (Å²) in [5.41, 5.74) is -0.820. The van der Waals surface area contributed by atoms with Gasteiger partial charge in [0, 0.05) is 19.8 Å². The second kappa shape index (κ2) is 6.98. The van der Waals surface area contributed by atoms with E-state index in [0.717, 1.165) is 0 Å². The highest BCUT2D eigenvalue weighted by Gasteiger charge is 2.27. The molecular formula is C12H15ClN4O4. The number of nitro groups is 1. The van der Waals surface area contributed by atoms with E-state index in [9.17, 15) is 19.7 Å². The van der Waals surface area contributed by atoms with Gasteiger partial charge in [-0.2, -0.15) is 0 Å². The summed E-state index contributed by atoms with van der Waals surface area (Å²) in [6, 6.07) is 0.370. The maximum Gasteiger partial charge on any atom is 0.319 e. The average molecular weight is 315 g/mol. The summed E-state index contributed by atoms with van der Waals surface area (Å²) >= 11 is 5.63. The number of pyridine rings is 1. The molecule has 2 amide bonds. The number of halogens is 1. The first-order chi connectivity index (χ1) is 9.79. The predicted molar refractivity (Wildman–Crippen MR) is 76.1 cm³/mol. The van der Waals surface area contributed by atoms with Crippen LogP contribution in [0.3, 0.4) is 0 Å². The lowest BCUT2D eigenvalue weighted by Crippen LogP contribution is -2.45. The molecule has 9 heteroatoms. The van der Waals surface area contributed by atoms with E-state index in [1.165, 1.54) is 24.1 Å². The van der Waals surface area contributed by atoms with Gasteiger partial charge in [0.15, 0.2) is 0 Å². The van der Waals surface area contributed by atoms with E-state index in [2.05, 4.69) is 10.3 Å². The molecule has 0 saturated carbocycles. The third-order valence-corrected chi connectivity index (χ3v) is 3.15. The lowest BCUT2D eigenvalue weighted by Gasteiger charge is -2.20. The van der Waals surface area contributed by atoms with Crippen LogP contribution in [0.15, 0.2) is 12.3 Å². The second-order valence-electron chi connectivity index (χ2n) is 4.30. The summed E-state index contributed by atoms with van der Waals surface area (Å²) in [5.74, 6) is -1.05. The fourth-order valence-electron chi connectivity index (χ4n) is 1.61. The van der Waals surface area contributed by atoms with Crippen molar-refractivity contribution in [3.8, 4) is 0 Å². The molecule has 0 aliphatic carbocycles. The van der Waals surface area contributed by atoms with Crippen LogP contribution in [0.5, 0.6) is 0 Å². The van der Waals surface area contributed by atoms with Crippen LogP contribution in [-0.2, 0) is 4.79 Å². The molecule has 0 fully saturated rings. The van der Waals surface area contributed by atoms with Crippen LogP contribution in [0, 0.1) is 10.1 Å². The lowest BCUT2D eigenvalue weighted by atomic mass is 10.2. The van der Waals surface area contributed by atoms with Gasteiger partial charge in [-0.15, -0.1) is 0 Å². The van der Waals surface area contributed by atoms with E-state index in [0.29, 0.717) is 6.54 Å². The molecule has 1 atom stereocenters. The zero-order valence-electron chi connectivity index (χ0n) is 11.8. The first-order valence-electron chi connectivity index (χ1n) is 6.14. The van der Waals surface area contributed by atoms with Crippen molar-refractivity contribution in [2.75, 3.05) is 13.6 Å². The lowest BCUT2D eigenvalue weighted by molar-refractivity contribution is -0.385. The molecule has 0 spiro atoms. The number of hydrogen-bond acceptors (Lipinski definition) is 5. The Morgan fingerprint density at radius 1 is 1.57 bits per heavy atom. The van der Waals surface area contributed by atoms with Crippen LogP contribution in [0.25, 0.3) is 0 Å². The summed E-state index contributed by atoms with van der Waals surface area (Å²) in [4.78, 5) is 39.1. The molecule has 1 rings (SSSR count). The van der Waals surface area contributed by atoms with Crippen LogP contribution >= 0.6 is 11.6 Å². The minimum atomic E-state index is -0.811. The number of carbonyl (C=O) groups excluding carboxylic acids is 2. The van der Waals surface area contributed by atoms with Gasteiger partial charge in [-0.05, 0) is 19.9 Å². The molecule has 0 aliphatic rings. The number of nitrogens with zero attached hydrogens (tertiary/aromatic N) is 3. The average Bonchev–Trinajstić information content (AvgIpc) is 2.44. The number of hydrogen-bond donors (Lipinski definition) is 1. The normalized spacial score (nSPS) is 11.6. The van der Waals surface area contributed by atoms with Crippen LogP contribution in [0.2, 0.25) is 5.15 Å². The quantitative estimate of drug-likeness (QED) is 0.500. The van der Waals surface area contributed by atoms with E-state index >= 15 is 0 Å². The molecule has 1 aromatic rings. The first kappa shape index (κ1) is 16.8. The van der Waals surface area contributed by atoms with Gasteiger partial charge in [0.1, 0.15) is 11.6 Å². The summed E-state index contributed by atoms with van der Waals surface area (Å²) in [7, 11) is 1.59. The Balaban J connectivity index is 2.98. The Morgan fingerprint density at radius 2 is 2.19 bits per heavy atom. The van der Waals surface area contributed by atoms with E-state index in [-0.39, 0.29) is 16.6 Å². The van der Waals surface area contributed by atoms with Crippen LogP contribution in [0.4, 0.5) is 5.69 Å². The van der Waals surface area contributed by atoms with Crippen molar-refractivity contribution in [2.45, 2.75) is 19.9 Å². The zero-order chi connectivity index (χ0) is 16.2. The molecule has 114 valence electrons. The van der Waals surface area contributed by atoms with Crippen LogP contribution in [-0.4, -0.2) is 46.3 Å². The van der Waals surface area contributed by atoms with E-state index in [1.807, 2.05) is 0 Å². The molecule has 1 unspecified atom stereocenters. The molecule has 0 saturated heterocycles. The maximum atomic E-state index is 12.1. The van der Waals surface area contributed by atoms with Crippen molar-refractivity contribution in [1.29, 1.82) is 0 Å². The molecule has 0 aromatic carbocycles. The van der Waals surface area contributed by atoms with Gasteiger partial charge in [-0.3, -0.25) is 19.7 Å². The first-order valence-corrected chi connectivity index (χ1v) is 6.52. The number of likely N-dealkylation sites (N-methyl/N-ethyl adjacent to an activating group) is 1. The van der Waals surface area contributed by atoms with Crippen molar-refractivity contribution < 1.29 is 14.5 Å². The Morgan fingerprint density at radius 3 is 2.71 bits per heavy atom. The highest BCUT2D eigenvalue weighted by Crippen LogP contribution is 2.25. The van der Waals surface area contributed by atoms with Crippen LogP contribution < -0.4 is 5.32 Å². The number of carbonyl (C=O) groups is 2. The maximum absolute atomic E-state index is 12.1. The summed E-state index contributed by atoms with van der Waals surface area (Å²) in [6.07, 6.45) is 1.19. The number of nitrogens with one attached hydrogen (secondary N) is 1. The van der Waals surface area contributed by atoms with Gasteiger partial charge in [0.05, 0.1) is 4.92 Å². The molecule has 1 aromatic heterocycles. The third-order valence-electron chi connectivity index (χ3n) is 2.88. The summed E-state index contributed by atoms with van der Waals surface area (Å²) in [6.45, 7) is 3.78. The molecule has 0 aliphatic heterocycles. The molecule has 0 bridgehead atoms. The largest absolute Gasteiger partial charge is 0.344 e. The fraction of sp³-hybridized carbons (Fsp3) is 0.417. The minimum absolute atomic E-state index is 0.237. The van der Waals surface area contributed by atoms with Gasteiger partial charge >= 0.3 is 5.69 Å². The Kier molecular flexibility index (Phi) is 5.60. The van der Waals surface area contributed by atoms with Gasteiger partial charge in [-0.1, -0.05) is 11.6 Å².